The van der Waals surface area contributed by atoms with Crippen LogP contribution >= 0.6 is 11.3 Å². The normalized spacial score (nSPS) is 11.3. The van der Waals surface area contributed by atoms with E-state index in [9.17, 15) is 4.79 Å². The zero-order valence-electron chi connectivity index (χ0n) is 19.2. The Balaban J connectivity index is 1.44. The zero-order chi connectivity index (χ0) is 23.5. The van der Waals surface area contributed by atoms with E-state index in [4.69, 9.17) is 0 Å². The predicted molar refractivity (Wildman–Crippen MR) is 144 cm³/mol. The number of fused-ring (bicyclic) bond motifs is 2. The van der Waals surface area contributed by atoms with E-state index in [0.29, 0.717) is 4.88 Å². The van der Waals surface area contributed by atoms with Crippen LogP contribution in [-0.2, 0) is 0 Å². The summed E-state index contributed by atoms with van der Waals surface area (Å²) in [6.45, 7) is 1.78. The largest absolute Gasteiger partial charge is 0.368 e. The summed E-state index contributed by atoms with van der Waals surface area (Å²) in [5.74, 6) is 0.832. The van der Waals surface area contributed by atoms with Crippen LogP contribution in [0.1, 0.15) is 9.67 Å². The van der Waals surface area contributed by atoms with Gasteiger partial charge in [-0.15, -0.1) is 11.3 Å². The molecule has 0 saturated heterocycles. The summed E-state index contributed by atoms with van der Waals surface area (Å²) in [4.78, 5) is 19.8. The molecule has 1 amide bonds. The summed E-state index contributed by atoms with van der Waals surface area (Å²) in [7, 11) is 4.13. The number of aromatic nitrogens is 1. The molecule has 0 aliphatic rings. The lowest BCUT2D eigenvalue weighted by molar-refractivity contribution is 0.103. The van der Waals surface area contributed by atoms with Crippen LogP contribution in [0.3, 0.4) is 0 Å². The van der Waals surface area contributed by atoms with Crippen LogP contribution in [-0.4, -0.2) is 43.0 Å². The number of hydrogen-bond donors (Lipinski definition) is 2. The Morgan fingerprint density at radius 2 is 1.79 bits per heavy atom. The summed E-state index contributed by atoms with van der Waals surface area (Å²) in [5, 5.41) is 12.9. The van der Waals surface area contributed by atoms with Crippen LogP contribution in [0.2, 0.25) is 0 Å². The molecule has 2 N–H and O–H groups in total. The molecule has 170 valence electrons. The third-order valence-electron chi connectivity index (χ3n) is 5.81. The standard InChI is InChI=1S/C28H26N4OS/c1-32(2)15-14-30-27-25-6-3-5-23(24(25)12-13-29-27)21-9-8-20-18-22(11-10-19(20)17-21)31-28(33)26-7-4-16-34-26/h3-13,16-18H,14-15H2,1-2H3,(H,29,30)(H,31,33). The van der Waals surface area contributed by atoms with Crippen LogP contribution in [0, 0.1) is 0 Å². The monoisotopic (exact) mass is 466 g/mol. The Bertz CT molecular complexity index is 1460. The van der Waals surface area contributed by atoms with E-state index in [1.807, 2.05) is 35.8 Å². The molecule has 0 saturated carbocycles. The number of pyridine rings is 1. The maximum atomic E-state index is 12.4. The van der Waals surface area contributed by atoms with Crippen LogP contribution in [0.15, 0.2) is 84.4 Å². The van der Waals surface area contributed by atoms with Crippen molar-refractivity contribution in [3.63, 3.8) is 0 Å². The second kappa shape index (κ2) is 9.63. The van der Waals surface area contributed by atoms with Crippen molar-refractivity contribution >= 4 is 50.3 Å². The molecular formula is C28H26N4OS. The number of rotatable bonds is 7. The summed E-state index contributed by atoms with van der Waals surface area (Å²) in [6, 6.07) is 24.6. The smallest absolute Gasteiger partial charge is 0.265 e. The van der Waals surface area contributed by atoms with Gasteiger partial charge in [0.05, 0.1) is 4.88 Å². The molecule has 0 fully saturated rings. The van der Waals surface area contributed by atoms with Crippen molar-refractivity contribution in [3.8, 4) is 11.1 Å². The maximum absolute atomic E-state index is 12.4. The minimum absolute atomic E-state index is 0.0784. The van der Waals surface area contributed by atoms with Gasteiger partial charge in [0, 0.05) is 30.4 Å². The van der Waals surface area contributed by atoms with E-state index in [1.54, 1.807) is 0 Å². The predicted octanol–water partition coefficient (Wildman–Crippen LogP) is 6.34. The molecule has 34 heavy (non-hydrogen) atoms. The minimum atomic E-state index is -0.0784. The van der Waals surface area contributed by atoms with Gasteiger partial charge >= 0.3 is 0 Å². The molecule has 5 aromatic rings. The molecule has 6 heteroatoms. The van der Waals surface area contributed by atoms with Gasteiger partial charge in [0.15, 0.2) is 0 Å². The molecule has 5 rings (SSSR count). The molecule has 2 aromatic heterocycles. The van der Waals surface area contributed by atoms with Crippen LogP contribution < -0.4 is 10.6 Å². The number of benzene rings is 3. The quantitative estimate of drug-likeness (QED) is 0.294. The van der Waals surface area contributed by atoms with Gasteiger partial charge in [-0.25, -0.2) is 4.98 Å². The van der Waals surface area contributed by atoms with Crippen molar-refractivity contribution in [1.29, 1.82) is 0 Å². The first-order valence-corrected chi connectivity index (χ1v) is 12.1. The van der Waals surface area contributed by atoms with Crippen molar-refractivity contribution in [3.05, 3.63) is 89.3 Å². The lowest BCUT2D eigenvalue weighted by atomic mass is 9.96. The Labute approximate surface area is 203 Å². The van der Waals surface area contributed by atoms with Crippen molar-refractivity contribution in [2.75, 3.05) is 37.8 Å². The highest BCUT2D eigenvalue weighted by molar-refractivity contribution is 7.12. The van der Waals surface area contributed by atoms with E-state index in [2.05, 4.69) is 83.1 Å². The van der Waals surface area contributed by atoms with Crippen molar-refractivity contribution < 1.29 is 4.79 Å². The lowest BCUT2D eigenvalue weighted by Gasteiger charge is -2.14. The van der Waals surface area contributed by atoms with Gasteiger partial charge in [0.25, 0.3) is 5.91 Å². The second-order valence-electron chi connectivity index (χ2n) is 8.50. The molecule has 0 spiro atoms. The highest BCUT2D eigenvalue weighted by atomic mass is 32.1. The van der Waals surface area contributed by atoms with Crippen LogP contribution in [0.25, 0.3) is 32.7 Å². The first-order valence-electron chi connectivity index (χ1n) is 11.2. The van der Waals surface area contributed by atoms with Gasteiger partial charge in [0.2, 0.25) is 0 Å². The van der Waals surface area contributed by atoms with Gasteiger partial charge in [-0.2, -0.15) is 0 Å². The number of nitrogens with zero attached hydrogens (tertiary/aromatic N) is 2. The molecule has 2 heterocycles. The van der Waals surface area contributed by atoms with E-state index < -0.39 is 0 Å². The van der Waals surface area contributed by atoms with Crippen molar-refractivity contribution in [2.45, 2.75) is 0 Å². The Hall–Kier alpha value is -3.74. The molecule has 5 nitrogen and oxygen atoms in total. The third kappa shape index (κ3) is 4.64. The van der Waals surface area contributed by atoms with Gasteiger partial charge in [0.1, 0.15) is 5.82 Å². The number of anilines is 2. The Morgan fingerprint density at radius 1 is 0.941 bits per heavy atom. The molecule has 3 aromatic carbocycles. The molecule has 0 aliphatic carbocycles. The van der Waals surface area contributed by atoms with Crippen molar-refractivity contribution in [2.24, 2.45) is 0 Å². The molecule has 0 unspecified atom stereocenters. The molecular weight excluding hydrogens is 440 g/mol. The Morgan fingerprint density at radius 3 is 2.62 bits per heavy atom. The van der Waals surface area contributed by atoms with Crippen LogP contribution in [0.5, 0.6) is 0 Å². The first kappa shape index (κ1) is 22.1. The maximum Gasteiger partial charge on any atom is 0.265 e. The number of amides is 1. The summed E-state index contributed by atoms with van der Waals surface area (Å²) >= 11 is 1.44. The summed E-state index contributed by atoms with van der Waals surface area (Å²) in [5.41, 5.74) is 3.12. The minimum Gasteiger partial charge on any atom is -0.368 e. The number of carbonyl (C=O) groups excluding carboxylic acids is 1. The highest BCUT2D eigenvalue weighted by Gasteiger charge is 2.10. The summed E-state index contributed by atoms with van der Waals surface area (Å²) < 4.78 is 0. The molecule has 0 atom stereocenters. The molecule has 0 aliphatic heterocycles. The first-order chi connectivity index (χ1) is 16.6. The lowest BCUT2D eigenvalue weighted by Crippen LogP contribution is -2.21. The average molecular weight is 467 g/mol. The fourth-order valence-corrected chi connectivity index (χ4v) is 4.71. The third-order valence-corrected chi connectivity index (χ3v) is 6.68. The van der Waals surface area contributed by atoms with Crippen LogP contribution in [0.4, 0.5) is 11.5 Å². The average Bonchev–Trinajstić information content (AvgIpc) is 3.39. The van der Waals surface area contributed by atoms with Crippen molar-refractivity contribution in [1.82, 2.24) is 9.88 Å². The number of hydrogen-bond acceptors (Lipinski definition) is 5. The highest BCUT2D eigenvalue weighted by Crippen LogP contribution is 2.33. The van der Waals surface area contributed by atoms with Gasteiger partial charge in [-0.05, 0) is 77.1 Å². The number of likely N-dealkylation sites (N-methyl/N-ethyl adjacent to an activating group) is 1. The Kier molecular flexibility index (Phi) is 6.25. The number of carbonyl (C=O) groups is 1. The topological polar surface area (TPSA) is 57.3 Å². The number of thiophene rings is 1. The fourth-order valence-electron chi connectivity index (χ4n) is 4.09. The van der Waals surface area contributed by atoms with E-state index in [1.165, 1.54) is 22.3 Å². The number of nitrogens with one attached hydrogen (secondary N) is 2. The van der Waals surface area contributed by atoms with Gasteiger partial charge in [-0.1, -0.05) is 42.5 Å². The van der Waals surface area contributed by atoms with E-state index >= 15 is 0 Å². The van der Waals surface area contributed by atoms with Gasteiger partial charge < -0.3 is 15.5 Å². The van der Waals surface area contributed by atoms with Gasteiger partial charge in [-0.3, -0.25) is 4.79 Å². The van der Waals surface area contributed by atoms with E-state index in [-0.39, 0.29) is 5.91 Å². The zero-order valence-corrected chi connectivity index (χ0v) is 20.0. The fraction of sp³-hybridized carbons (Fsp3) is 0.143. The SMILES string of the molecule is CN(C)CCNc1nccc2c(-c3ccc4cc(NC(=O)c5cccs5)ccc4c3)cccc12. The summed E-state index contributed by atoms with van der Waals surface area (Å²) in [6.07, 6.45) is 1.87. The molecule has 0 bridgehead atoms. The second-order valence-corrected chi connectivity index (χ2v) is 9.45. The molecule has 0 radical (unpaired) electrons. The van der Waals surface area contributed by atoms with E-state index in [0.717, 1.165) is 46.3 Å².